The number of aryl methyl sites for hydroxylation is 2. The maximum Gasteiger partial charge on any atom is 0.222 e. The molecule has 2 aromatic rings. The highest BCUT2D eigenvalue weighted by molar-refractivity contribution is 5.23. The van der Waals surface area contributed by atoms with E-state index in [0.29, 0.717) is 5.95 Å². The van der Waals surface area contributed by atoms with Crippen LogP contribution in [0.15, 0.2) is 31.1 Å². The number of nitrogens with zero attached hydrogens (tertiary/aromatic N) is 4. The molecule has 0 atom stereocenters. The van der Waals surface area contributed by atoms with Crippen LogP contribution >= 0.6 is 0 Å². The first kappa shape index (κ1) is 10.6. The summed E-state index contributed by atoms with van der Waals surface area (Å²) in [5.41, 5.74) is 1.07. The number of imidazole rings is 1. The molecule has 2 rings (SSSR count). The predicted molar refractivity (Wildman–Crippen MR) is 62.1 cm³/mol. The van der Waals surface area contributed by atoms with E-state index in [9.17, 15) is 0 Å². The van der Waals surface area contributed by atoms with Gasteiger partial charge < -0.3 is 9.88 Å². The SMILES string of the molecule is Cc1cnc(NCCCn2ccnc2)nc1. The second kappa shape index (κ2) is 5.25. The second-order valence-electron chi connectivity index (χ2n) is 3.66. The Morgan fingerprint density at radius 1 is 1.31 bits per heavy atom. The van der Waals surface area contributed by atoms with Crippen LogP contribution in [0.4, 0.5) is 5.95 Å². The molecule has 0 aliphatic carbocycles. The van der Waals surface area contributed by atoms with Crippen LogP contribution in [0, 0.1) is 6.92 Å². The average Bonchev–Trinajstić information content (AvgIpc) is 2.80. The number of aromatic nitrogens is 4. The number of hydrogen-bond donors (Lipinski definition) is 1. The molecule has 1 N–H and O–H groups in total. The van der Waals surface area contributed by atoms with Gasteiger partial charge in [0.1, 0.15) is 0 Å². The second-order valence-corrected chi connectivity index (χ2v) is 3.66. The minimum absolute atomic E-state index is 0.691. The zero-order valence-corrected chi connectivity index (χ0v) is 9.30. The van der Waals surface area contributed by atoms with E-state index in [2.05, 4.69) is 24.8 Å². The Morgan fingerprint density at radius 3 is 2.81 bits per heavy atom. The van der Waals surface area contributed by atoms with Crippen molar-refractivity contribution in [1.29, 1.82) is 0 Å². The van der Waals surface area contributed by atoms with Crippen LogP contribution in [0.2, 0.25) is 0 Å². The van der Waals surface area contributed by atoms with Crippen molar-refractivity contribution in [2.45, 2.75) is 19.9 Å². The van der Waals surface area contributed by atoms with Gasteiger partial charge in [-0.1, -0.05) is 0 Å². The molecule has 2 heterocycles. The Morgan fingerprint density at radius 2 is 2.12 bits per heavy atom. The fraction of sp³-hybridized carbons (Fsp3) is 0.364. The lowest BCUT2D eigenvalue weighted by atomic mass is 10.4. The van der Waals surface area contributed by atoms with Crippen molar-refractivity contribution in [3.05, 3.63) is 36.7 Å². The van der Waals surface area contributed by atoms with Crippen LogP contribution in [0.3, 0.4) is 0 Å². The van der Waals surface area contributed by atoms with Crippen LogP contribution in [0.1, 0.15) is 12.0 Å². The summed E-state index contributed by atoms with van der Waals surface area (Å²) in [6.45, 7) is 3.79. The highest BCUT2D eigenvalue weighted by Gasteiger charge is 1.94. The molecule has 0 spiro atoms. The van der Waals surface area contributed by atoms with Crippen LogP contribution < -0.4 is 5.32 Å². The predicted octanol–water partition coefficient (Wildman–Crippen LogP) is 1.48. The summed E-state index contributed by atoms with van der Waals surface area (Å²) < 4.78 is 2.05. The minimum Gasteiger partial charge on any atom is -0.354 e. The first-order valence-electron chi connectivity index (χ1n) is 5.33. The maximum absolute atomic E-state index is 4.17. The Bertz CT molecular complexity index is 406. The summed E-state index contributed by atoms with van der Waals surface area (Å²) in [6.07, 6.45) is 10.2. The van der Waals surface area contributed by atoms with Crippen molar-refractivity contribution in [2.24, 2.45) is 0 Å². The van der Waals surface area contributed by atoms with E-state index in [-0.39, 0.29) is 0 Å². The van der Waals surface area contributed by atoms with Crippen molar-refractivity contribution in [2.75, 3.05) is 11.9 Å². The molecule has 84 valence electrons. The van der Waals surface area contributed by atoms with E-state index in [4.69, 9.17) is 0 Å². The molecule has 0 saturated heterocycles. The Balaban J connectivity index is 1.70. The molecule has 16 heavy (non-hydrogen) atoms. The van der Waals surface area contributed by atoms with Gasteiger partial charge in [-0.25, -0.2) is 15.0 Å². The van der Waals surface area contributed by atoms with Crippen LogP contribution in [-0.2, 0) is 6.54 Å². The molecule has 5 nitrogen and oxygen atoms in total. The summed E-state index contributed by atoms with van der Waals surface area (Å²) in [6, 6.07) is 0. The van der Waals surface area contributed by atoms with Crippen molar-refractivity contribution in [1.82, 2.24) is 19.5 Å². The highest BCUT2D eigenvalue weighted by atomic mass is 15.1. The normalized spacial score (nSPS) is 10.3. The summed E-state index contributed by atoms with van der Waals surface area (Å²) in [5, 5.41) is 3.18. The van der Waals surface area contributed by atoms with Crippen molar-refractivity contribution >= 4 is 5.95 Å². The summed E-state index contributed by atoms with van der Waals surface area (Å²) >= 11 is 0. The third-order valence-electron chi connectivity index (χ3n) is 2.22. The van der Waals surface area contributed by atoms with Gasteiger partial charge in [0.2, 0.25) is 5.95 Å². The fourth-order valence-electron chi connectivity index (χ4n) is 1.36. The molecule has 0 aromatic carbocycles. The highest BCUT2D eigenvalue weighted by Crippen LogP contribution is 1.99. The number of hydrogen-bond acceptors (Lipinski definition) is 4. The van der Waals surface area contributed by atoms with E-state index in [0.717, 1.165) is 25.1 Å². The first-order valence-corrected chi connectivity index (χ1v) is 5.33. The van der Waals surface area contributed by atoms with Crippen molar-refractivity contribution < 1.29 is 0 Å². The van der Waals surface area contributed by atoms with Gasteiger partial charge in [0.05, 0.1) is 6.33 Å². The largest absolute Gasteiger partial charge is 0.354 e. The lowest BCUT2D eigenvalue weighted by molar-refractivity contribution is 0.659. The van der Waals surface area contributed by atoms with Gasteiger partial charge in [-0.05, 0) is 18.9 Å². The Labute approximate surface area is 94.6 Å². The number of anilines is 1. The third kappa shape index (κ3) is 3.05. The Kier molecular flexibility index (Phi) is 3.48. The maximum atomic E-state index is 4.17. The lowest BCUT2D eigenvalue weighted by Gasteiger charge is -2.04. The zero-order chi connectivity index (χ0) is 11.2. The van der Waals surface area contributed by atoms with Gasteiger partial charge in [0.15, 0.2) is 0 Å². The molecule has 0 saturated carbocycles. The molecule has 0 aliphatic rings. The smallest absolute Gasteiger partial charge is 0.222 e. The summed E-state index contributed by atoms with van der Waals surface area (Å²) in [7, 11) is 0. The van der Waals surface area contributed by atoms with Crippen molar-refractivity contribution in [3.8, 4) is 0 Å². The topological polar surface area (TPSA) is 55.6 Å². The van der Waals surface area contributed by atoms with Crippen LogP contribution in [-0.4, -0.2) is 26.1 Å². The van der Waals surface area contributed by atoms with Crippen molar-refractivity contribution in [3.63, 3.8) is 0 Å². The van der Waals surface area contributed by atoms with Gasteiger partial charge in [-0.3, -0.25) is 0 Å². The van der Waals surface area contributed by atoms with Gasteiger partial charge in [0, 0.05) is 37.9 Å². The van der Waals surface area contributed by atoms with E-state index in [1.807, 2.05) is 31.8 Å². The number of rotatable bonds is 5. The standard InChI is InChI=1S/C11H15N5/c1-10-7-14-11(15-8-10)13-3-2-5-16-6-4-12-9-16/h4,6-9H,2-3,5H2,1H3,(H,13,14,15). The number of nitrogens with one attached hydrogen (secondary N) is 1. The summed E-state index contributed by atoms with van der Waals surface area (Å²) in [4.78, 5) is 12.3. The monoisotopic (exact) mass is 217 g/mol. The average molecular weight is 217 g/mol. The fourth-order valence-corrected chi connectivity index (χ4v) is 1.36. The molecule has 0 unspecified atom stereocenters. The molecular formula is C11H15N5. The van der Waals surface area contributed by atoms with E-state index < -0.39 is 0 Å². The van der Waals surface area contributed by atoms with Crippen LogP contribution in [0.5, 0.6) is 0 Å². The molecule has 2 aromatic heterocycles. The van der Waals surface area contributed by atoms with E-state index in [1.165, 1.54) is 0 Å². The third-order valence-corrected chi connectivity index (χ3v) is 2.22. The summed E-state index contributed by atoms with van der Waals surface area (Å²) in [5.74, 6) is 0.691. The quantitative estimate of drug-likeness (QED) is 0.771. The zero-order valence-electron chi connectivity index (χ0n) is 9.30. The minimum atomic E-state index is 0.691. The Hall–Kier alpha value is -1.91. The molecular weight excluding hydrogens is 202 g/mol. The van der Waals surface area contributed by atoms with Gasteiger partial charge >= 0.3 is 0 Å². The lowest BCUT2D eigenvalue weighted by Crippen LogP contribution is -2.08. The van der Waals surface area contributed by atoms with Gasteiger partial charge in [-0.2, -0.15) is 0 Å². The van der Waals surface area contributed by atoms with Gasteiger partial charge in [-0.15, -0.1) is 0 Å². The van der Waals surface area contributed by atoms with Gasteiger partial charge in [0.25, 0.3) is 0 Å². The molecule has 0 bridgehead atoms. The first-order chi connectivity index (χ1) is 7.84. The molecule has 0 aliphatic heterocycles. The van der Waals surface area contributed by atoms with Crippen LogP contribution in [0.25, 0.3) is 0 Å². The molecule has 0 amide bonds. The molecule has 0 fully saturated rings. The van der Waals surface area contributed by atoms with E-state index in [1.54, 1.807) is 6.20 Å². The molecule has 0 radical (unpaired) electrons. The molecule has 5 heteroatoms. The van der Waals surface area contributed by atoms with E-state index >= 15 is 0 Å².